The maximum absolute atomic E-state index is 13.4. The number of nitrogens with zero attached hydrogens (tertiary/aromatic N) is 2. The molecule has 45 heavy (non-hydrogen) atoms. The van der Waals surface area contributed by atoms with E-state index in [0.29, 0.717) is 52.2 Å². The van der Waals surface area contributed by atoms with Crippen molar-refractivity contribution < 1.29 is 50.6 Å². The predicted molar refractivity (Wildman–Crippen MR) is 162 cm³/mol. The van der Waals surface area contributed by atoms with Crippen LogP contribution in [0.15, 0.2) is 51.9 Å². The quantitative estimate of drug-likeness (QED) is 0.0828. The van der Waals surface area contributed by atoms with Gasteiger partial charge in [0.2, 0.25) is 0 Å². The number of aryl methyl sites for hydroxylation is 2. The van der Waals surface area contributed by atoms with E-state index in [9.17, 15) is 46.1 Å². The Morgan fingerprint density at radius 1 is 0.956 bits per heavy atom. The maximum atomic E-state index is 13.4. The lowest BCUT2D eigenvalue weighted by Gasteiger charge is -2.32. The van der Waals surface area contributed by atoms with Crippen molar-refractivity contribution in [3.05, 3.63) is 70.1 Å². The molecule has 0 bridgehead atoms. The minimum Gasteiger partial charge on any atom is -0.478 e. The fourth-order valence-electron chi connectivity index (χ4n) is 5.65. The number of hydrogen-bond donors (Lipinski definition) is 2. The summed E-state index contributed by atoms with van der Waals surface area (Å²) in [6.07, 6.45) is -7.30. The van der Waals surface area contributed by atoms with Crippen LogP contribution in [0, 0.1) is 0 Å². The zero-order valence-electron chi connectivity index (χ0n) is 23.4. The average Bonchev–Trinajstić information content (AvgIpc) is 2.95. The molecule has 0 saturated heterocycles. The van der Waals surface area contributed by atoms with Gasteiger partial charge in [-0.2, -0.15) is 26.3 Å². The van der Waals surface area contributed by atoms with E-state index in [4.69, 9.17) is 4.42 Å². The number of aromatic carboxylic acids is 2. The molecule has 0 aromatic heterocycles. The lowest BCUT2D eigenvalue weighted by Crippen LogP contribution is -2.37. The summed E-state index contributed by atoms with van der Waals surface area (Å²) in [5.41, 5.74) is 1.39. The normalized spacial score (nSPS) is 14.3. The van der Waals surface area contributed by atoms with Crippen LogP contribution in [-0.2, 0) is 12.8 Å². The third kappa shape index (κ3) is 7.20. The van der Waals surface area contributed by atoms with E-state index in [2.05, 4.69) is 27.6 Å². The number of halogens is 7. The van der Waals surface area contributed by atoms with Crippen molar-refractivity contribution in [3.63, 3.8) is 0 Å². The summed E-state index contributed by atoms with van der Waals surface area (Å²) >= 11 is 2.13. The minimum atomic E-state index is -4.59. The fraction of sp³-hybridized carbons (Fsp3) is 0.323. The van der Waals surface area contributed by atoms with Gasteiger partial charge in [-0.15, -0.1) is 0 Å². The Hall–Kier alpha value is -3.82. The molecule has 2 heterocycles. The van der Waals surface area contributed by atoms with Crippen LogP contribution in [0.5, 0.6) is 0 Å². The van der Waals surface area contributed by atoms with Crippen LogP contribution in [0.25, 0.3) is 33.4 Å². The van der Waals surface area contributed by atoms with Crippen molar-refractivity contribution in [2.45, 2.75) is 38.0 Å². The van der Waals surface area contributed by atoms with Crippen LogP contribution in [0.3, 0.4) is 0 Å². The number of alkyl halides is 7. The van der Waals surface area contributed by atoms with Crippen LogP contribution in [0.2, 0.25) is 0 Å². The first-order valence-corrected chi connectivity index (χ1v) is 15.3. The molecular formula is C31H25F6IN2O5. The molecule has 0 fully saturated rings. The number of carboxylic acids is 2. The number of anilines is 1. The van der Waals surface area contributed by atoms with Crippen molar-refractivity contribution in [1.82, 2.24) is 0 Å². The highest BCUT2D eigenvalue weighted by atomic mass is 127. The van der Waals surface area contributed by atoms with Crippen molar-refractivity contribution >= 4 is 51.2 Å². The second-order valence-electron chi connectivity index (χ2n) is 10.7. The lowest BCUT2D eigenvalue weighted by atomic mass is 9.87. The molecule has 0 unspecified atom stereocenters. The Labute approximate surface area is 265 Å². The molecular weight excluding hydrogens is 721 g/mol. The van der Waals surface area contributed by atoms with Crippen LogP contribution in [-0.4, -0.2) is 58.6 Å². The number of carboxylic acid groups (broad SMARTS) is 2. The van der Waals surface area contributed by atoms with E-state index >= 15 is 0 Å². The monoisotopic (exact) mass is 746 g/mol. The Morgan fingerprint density at radius 3 is 2.36 bits per heavy atom. The van der Waals surface area contributed by atoms with Gasteiger partial charge in [0.15, 0.2) is 0 Å². The smallest absolute Gasteiger partial charge is 0.407 e. The van der Waals surface area contributed by atoms with Gasteiger partial charge < -0.3 is 19.5 Å². The SMILES string of the molecule is O=C(O)c1ccc(C(=O)O)c(-c2c3cc(CCCI)/c(=N/CC(F)(F)F)cc-3oc3cc4c(cc23)CCCN4CC(F)(F)F)c1. The molecule has 0 amide bonds. The van der Waals surface area contributed by atoms with Crippen LogP contribution >= 0.6 is 22.6 Å². The van der Waals surface area contributed by atoms with Gasteiger partial charge in [-0.05, 0) is 77.1 Å². The van der Waals surface area contributed by atoms with Gasteiger partial charge in [0.25, 0.3) is 0 Å². The Balaban J connectivity index is 1.91. The Morgan fingerprint density at radius 2 is 1.71 bits per heavy atom. The largest absolute Gasteiger partial charge is 0.478 e. The zero-order valence-corrected chi connectivity index (χ0v) is 25.5. The highest BCUT2D eigenvalue weighted by Crippen LogP contribution is 2.45. The van der Waals surface area contributed by atoms with Gasteiger partial charge in [0.05, 0.1) is 16.5 Å². The minimum absolute atomic E-state index is 0.00634. The molecule has 2 aromatic rings. The third-order valence-electron chi connectivity index (χ3n) is 7.48. The van der Waals surface area contributed by atoms with Crippen LogP contribution < -0.4 is 10.3 Å². The first-order valence-electron chi connectivity index (χ1n) is 13.8. The number of fused-ring (bicyclic) bond motifs is 3. The maximum Gasteiger partial charge on any atom is 0.407 e. The average molecular weight is 746 g/mol. The highest BCUT2D eigenvalue weighted by molar-refractivity contribution is 14.1. The van der Waals surface area contributed by atoms with E-state index in [0.717, 1.165) is 12.1 Å². The lowest BCUT2D eigenvalue weighted by molar-refractivity contribution is -0.120. The standard InChI is InChI=1S/C31H25F6IN2O5/c32-30(33,34)14-39-23-12-25-21(9-16(23)3-1-7-38)27(20-11-18(28(41)42)5-6-19(20)29(43)44)22-10-17-4-2-8-40(15-31(35,36)37)24(17)13-26(22)45-25/h5-6,9-13H,1-4,7-8,14-15H2,(H,41,42)(H,43,44)/b39-23+. The molecule has 2 N–H and O–H groups in total. The summed E-state index contributed by atoms with van der Waals surface area (Å²) in [6, 6.07) is 9.40. The number of rotatable bonds is 8. The van der Waals surface area contributed by atoms with Gasteiger partial charge in [-0.25, -0.2) is 9.59 Å². The van der Waals surface area contributed by atoms with Crippen LogP contribution in [0.4, 0.5) is 32.0 Å². The summed E-state index contributed by atoms with van der Waals surface area (Å²) in [4.78, 5) is 29.3. The molecule has 3 aliphatic rings. The second-order valence-corrected chi connectivity index (χ2v) is 11.7. The van der Waals surface area contributed by atoms with Gasteiger partial charge >= 0.3 is 24.3 Å². The first kappa shape index (κ1) is 32.6. The van der Waals surface area contributed by atoms with Gasteiger partial charge in [0, 0.05) is 40.9 Å². The molecule has 5 rings (SSSR count). The molecule has 238 valence electrons. The summed E-state index contributed by atoms with van der Waals surface area (Å²) < 4.78 is 86.6. The first-order chi connectivity index (χ1) is 21.1. The number of carbonyl (C=O) groups is 2. The van der Waals surface area contributed by atoms with Crippen molar-refractivity contribution in [2.75, 3.05) is 29.0 Å². The Kier molecular flexibility index (Phi) is 9.06. The van der Waals surface area contributed by atoms with Crippen LogP contribution in [0.1, 0.15) is 44.7 Å². The summed E-state index contributed by atoms with van der Waals surface area (Å²) in [5.74, 6) is -2.68. The molecule has 0 spiro atoms. The topological polar surface area (TPSA) is 103 Å². The molecule has 0 radical (unpaired) electrons. The van der Waals surface area contributed by atoms with E-state index in [1.54, 1.807) is 12.1 Å². The summed E-state index contributed by atoms with van der Waals surface area (Å²) in [5, 5.41) is 20.1. The van der Waals surface area contributed by atoms with E-state index in [-0.39, 0.29) is 51.2 Å². The van der Waals surface area contributed by atoms with E-state index < -0.39 is 37.4 Å². The van der Waals surface area contributed by atoms with Crippen molar-refractivity contribution in [2.24, 2.45) is 4.99 Å². The molecule has 14 heteroatoms. The summed E-state index contributed by atoms with van der Waals surface area (Å²) in [7, 11) is 0. The van der Waals surface area contributed by atoms with Crippen molar-refractivity contribution in [3.8, 4) is 22.5 Å². The third-order valence-corrected chi connectivity index (χ3v) is 8.24. The molecule has 0 saturated carbocycles. The second kappa shape index (κ2) is 12.5. The zero-order chi connectivity index (χ0) is 32.7. The van der Waals surface area contributed by atoms with Gasteiger partial charge in [-0.1, -0.05) is 22.6 Å². The molecule has 7 nitrogen and oxygen atoms in total. The number of benzene rings is 3. The van der Waals surface area contributed by atoms with E-state index in [1.807, 2.05) is 0 Å². The fourth-order valence-corrected chi connectivity index (χ4v) is 6.03. The van der Waals surface area contributed by atoms with Gasteiger partial charge in [-0.3, -0.25) is 4.99 Å². The van der Waals surface area contributed by atoms with Gasteiger partial charge in [0.1, 0.15) is 24.4 Å². The molecule has 1 aliphatic carbocycles. The predicted octanol–water partition coefficient (Wildman–Crippen LogP) is 7.75. The molecule has 2 aromatic carbocycles. The van der Waals surface area contributed by atoms with E-state index in [1.165, 1.54) is 23.1 Å². The molecule has 2 aliphatic heterocycles. The number of hydrogen-bond acceptors (Lipinski definition) is 5. The van der Waals surface area contributed by atoms with Crippen molar-refractivity contribution in [1.29, 1.82) is 0 Å². The Bertz CT molecular complexity index is 1830. The summed E-state index contributed by atoms with van der Waals surface area (Å²) in [6.45, 7) is -2.54. The molecule has 0 atom stereocenters. The highest BCUT2D eigenvalue weighted by Gasteiger charge is 2.34.